The topological polar surface area (TPSA) is 44.4 Å². The molecule has 2 N–H and O–H groups in total. The van der Waals surface area contributed by atoms with Crippen LogP contribution in [0.2, 0.25) is 0 Å². The van der Waals surface area contributed by atoms with Gasteiger partial charge in [-0.25, -0.2) is 0 Å². The number of fused-ring (bicyclic) bond motifs is 3. The molecule has 2 bridgehead atoms. The third kappa shape index (κ3) is 3.95. The van der Waals surface area contributed by atoms with Gasteiger partial charge in [-0.2, -0.15) is 0 Å². The number of nitrogens with zero attached hydrogens (tertiary/aromatic N) is 1. The van der Waals surface area contributed by atoms with Crippen molar-refractivity contribution in [1.29, 1.82) is 0 Å². The van der Waals surface area contributed by atoms with Crippen molar-refractivity contribution in [2.75, 3.05) is 32.7 Å². The summed E-state index contributed by atoms with van der Waals surface area (Å²) in [4.78, 5) is 14.1. The first kappa shape index (κ1) is 13.8. The predicted octanol–water partition coefficient (Wildman–Crippen LogP) is 0.833. The van der Waals surface area contributed by atoms with Gasteiger partial charge in [-0.15, -0.1) is 0 Å². The van der Waals surface area contributed by atoms with Gasteiger partial charge in [0.05, 0.1) is 0 Å². The summed E-state index contributed by atoms with van der Waals surface area (Å²) in [6.07, 6.45) is 3.27. The third-order valence-corrected chi connectivity index (χ3v) is 4.12. The molecule has 1 amide bonds. The van der Waals surface area contributed by atoms with Crippen LogP contribution in [0.5, 0.6) is 0 Å². The van der Waals surface area contributed by atoms with Crippen molar-refractivity contribution >= 4 is 5.91 Å². The first-order chi connectivity index (χ1) is 8.65. The Morgan fingerprint density at radius 3 is 2.61 bits per heavy atom. The van der Waals surface area contributed by atoms with Gasteiger partial charge in [0.25, 0.3) is 0 Å². The van der Waals surface area contributed by atoms with E-state index in [0.29, 0.717) is 18.4 Å². The zero-order chi connectivity index (χ0) is 13.0. The predicted molar refractivity (Wildman–Crippen MR) is 73.4 cm³/mol. The van der Waals surface area contributed by atoms with E-state index >= 15 is 0 Å². The largest absolute Gasteiger partial charge is 0.356 e. The monoisotopic (exact) mass is 253 g/mol. The molecule has 0 aromatic rings. The number of hydrogen-bond acceptors (Lipinski definition) is 3. The highest BCUT2D eigenvalue weighted by Crippen LogP contribution is 2.27. The second-order valence-corrected chi connectivity index (χ2v) is 6.15. The summed E-state index contributed by atoms with van der Waals surface area (Å²) in [7, 11) is 0. The number of amides is 1. The lowest BCUT2D eigenvalue weighted by molar-refractivity contribution is -0.121. The Morgan fingerprint density at radius 2 is 2.06 bits per heavy atom. The van der Waals surface area contributed by atoms with E-state index in [0.717, 1.165) is 19.0 Å². The fourth-order valence-electron chi connectivity index (χ4n) is 2.97. The molecule has 104 valence electrons. The summed E-state index contributed by atoms with van der Waals surface area (Å²) in [6.45, 7) is 9.57. The minimum atomic E-state index is 0.178. The minimum Gasteiger partial charge on any atom is -0.356 e. The molecule has 0 radical (unpaired) electrons. The number of nitrogens with one attached hydrogen (secondary N) is 2. The Bertz CT molecular complexity index is 272. The molecule has 3 aliphatic rings. The normalized spacial score (nSPS) is 30.7. The quantitative estimate of drug-likeness (QED) is 0.737. The van der Waals surface area contributed by atoms with Crippen LogP contribution in [0, 0.1) is 11.8 Å². The molecule has 18 heavy (non-hydrogen) atoms. The summed E-state index contributed by atoms with van der Waals surface area (Å²) in [5.41, 5.74) is 0. The Balaban J connectivity index is 1.59. The molecule has 4 nitrogen and oxygen atoms in total. The lowest BCUT2D eigenvalue weighted by Crippen LogP contribution is -2.56. The van der Waals surface area contributed by atoms with E-state index in [9.17, 15) is 4.79 Å². The maximum atomic E-state index is 11.6. The number of rotatable bonds is 6. The Kier molecular flexibility index (Phi) is 5.01. The van der Waals surface area contributed by atoms with Crippen LogP contribution >= 0.6 is 0 Å². The molecular formula is C14H27N3O. The fraction of sp³-hybridized carbons (Fsp3) is 0.929. The number of hydrogen-bond donors (Lipinski definition) is 2. The molecule has 3 heterocycles. The highest BCUT2D eigenvalue weighted by Gasteiger charge is 2.33. The van der Waals surface area contributed by atoms with Crippen molar-refractivity contribution < 1.29 is 4.79 Å². The SMILES string of the molecule is CC(C)CNC(=O)CCNC1CN2CCC1CC2. The first-order valence-electron chi connectivity index (χ1n) is 7.37. The smallest absolute Gasteiger partial charge is 0.221 e. The van der Waals surface area contributed by atoms with Crippen molar-refractivity contribution in [3.8, 4) is 0 Å². The van der Waals surface area contributed by atoms with Crippen LogP contribution in [0.15, 0.2) is 0 Å². The van der Waals surface area contributed by atoms with E-state index in [2.05, 4.69) is 29.4 Å². The maximum absolute atomic E-state index is 11.6. The van der Waals surface area contributed by atoms with Crippen molar-refractivity contribution in [2.45, 2.75) is 39.2 Å². The van der Waals surface area contributed by atoms with Crippen LogP contribution in [0.1, 0.15) is 33.1 Å². The van der Waals surface area contributed by atoms with E-state index < -0.39 is 0 Å². The summed E-state index contributed by atoms with van der Waals surface area (Å²) in [5.74, 6) is 1.55. The van der Waals surface area contributed by atoms with E-state index in [1.807, 2.05) is 0 Å². The minimum absolute atomic E-state index is 0.178. The van der Waals surface area contributed by atoms with Crippen molar-refractivity contribution in [1.82, 2.24) is 15.5 Å². The van der Waals surface area contributed by atoms with E-state index in [4.69, 9.17) is 0 Å². The van der Waals surface area contributed by atoms with E-state index in [-0.39, 0.29) is 5.91 Å². The molecule has 3 rings (SSSR count). The van der Waals surface area contributed by atoms with Crippen molar-refractivity contribution in [3.05, 3.63) is 0 Å². The average molecular weight is 253 g/mol. The van der Waals surface area contributed by atoms with Gasteiger partial charge >= 0.3 is 0 Å². The number of piperidine rings is 3. The Morgan fingerprint density at radius 1 is 1.33 bits per heavy atom. The van der Waals surface area contributed by atoms with Gasteiger partial charge in [0.15, 0.2) is 0 Å². The molecule has 0 aromatic carbocycles. The second-order valence-electron chi connectivity index (χ2n) is 6.15. The van der Waals surface area contributed by atoms with Gasteiger partial charge in [-0.05, 0) is 37.8 Å². The van der Waals surface area contributed by atoms with Crippen LogP contribution in [0.3, 0.4) is 0 Å². The Labute approximate surface area is 110 Å². The summed E-state index contributed by atoms with van der Waals surface area (Å²) in [5, 5.41) is 6.53. The summed E-state index contributed by atoms with van der Waals surface area (Å²) < 4.78 is 0. The first-order valence-corrected chi connectivity index (χ1v) is 7.37. The second kappa shape index (κ2) is 6.53. The molecule has 0 spiro atoms. The molecule has 0 aromatic heterocycles. The van der Waals surface area contributed by atoms with Gasteiger partial charge in [-0.3, -0.25) is 4.79 Å². The van der Waals surface area contributed by atoms with Gasteiger partial charge < -0.3 is 15.5 Å². The molecule has 4 heteroatoms. The van der Waals surface area contributed by atoms with Crippen molar-refractivity contribution in [2.24, 2.45) is 11.8 Å². The third-order valence-electron chi connectivity index (χ3n) is 4.12. The molecule has 0 aliphatic carbocycles. The van der Waals surface area contributed by atoms with E-state index in [1.54, 1.807) is 0 Å². The van der Waals surface area contributed by atoms with Gasteiger partial charge in [0, 0.05) is 32.1 Å². The lowest BCUT2D eigenvalue weighted by Gasteiger charge is -2.45. The lowest BCUT2D eigenvalue weighted by atomic mass is 9.84. The fourth-order valence-corrected chi connectivity index (χ4v) is 2.97. The van der Waals surface area contributed by atoms with Crippen LogP contribution in [-0.4, -0.2) is 49.6 Å². The highest BCUT2D eigenvalue weighted by molar-refractivity contribution is 5.76. The van der Waals surface area contributed by atoms with Gasteiger partial charge in [0.1, 0.15) is 0 Å². The molecule has 1 atom stereocenters. The van der Waals surface area contributed by atoms with Crippen molar-refractivity contribution in [3.63, 3.8) is 0 Å². The maximum Gasteiger partial charge on any atom is 0.221 e. The molecule has 3 aliphatic heterocycles. The average Bonchev–Trinajstić information content (AvgIpc) is 2.38. The summed E-state index contributed by atoms with van der Waals surface area (Å²) >= 11 is 0. The summed E-state index contributed by atoms with van der Waals surface area (Å²) in [6, 6.07) is 0.616. The molecule has 0 saturated carbocycles. The van der Waals surface area contributed by atoms with E-state index in [1.165, 1.54) is 32.5 Å². The number of carbonyl (C=O) groups is 1. The van der Waals surface area contributed by atoms with Crippen LogP contribution in [0.4, 0.5) is 0 Å². The number of carbonyl (C=O) groups excluding carboxylic acids is 1. The van der Waals surface area contributed by atoms with Crippen LogP contribution in [-0.2, 0) is 4.79 Å². The highest BCUT2D eigenvalue weighted by atomic mass is 16.1. The van der Waals surface area contributed by atoms with Gasteiger partial charge in [-0.1, -0.05) is 13.8 Å². The molecular weight excluding hydrogens is 226 g/mol. The Hall–Kier alpha value is -0.610. The molecule has 3 saturated heterocycles. The van der Waals surface area contributed by atoms with Crippen LogP contribution < -0.4 is 10.6 Å². The van der Waals surface area contributed by atoms with Crippen LogP contribution in [0.25, 0.3) is 0 Å². The zero-order valence-electron chi connectivity index (χ0n) is 11.7. The van der Waals surface area contributed by atoms with Gasteiger partial charge in [0.2, 0.25) is 5.91 Å². The molecule has 1 unspecified atom stereocenters. The molecule has 3 fully saturated rings. The zero-order valence-corrected chi connectivity index (χ0v) is 11.7. The standard InChI is InChI=1S/C14H27N3O/c1-11(2)9-16-14(18)3-6-15-13-10-17-7-4-12(13)5-8-17/h11-13,15H,3-10H2,1-2H3,(H,16,18).